The highest BCUT2D eigenvalue weighted by atomic mass is 16.4. The lowest BCUT2D eigenvalue weighted by molar-refractivity contribution is -0.134. The van der Waals surface area contributed by atoms with Crippen LogP contribution in [0.15, 0.2) is 17.1 Å². The number of aliphatic carboxylic acids is 1. The zero-order chi connectivity index (χ0) is 20.2. The molecule has 0 amide bonds. The van der Waals surface area contributed by atoms with E-state index in [9.17, 15) is 0 Å². The van der Waals surface area contributed by atoms with Gasteiger partial charge in [-0.2, -0.15) is 0 Å². The highest BCUT2D eigenvalue weighted by molar-refractivity contribution is 5.63. The van der Waals surface area contributed by atoms with E-state index in [4.69, 9.17) is 15.6 Å². The lowest BCUT2D eigenvalue weighted by Crippen LogP contribution is -2.38. The number of nitrogens with zero attached hydrogens (tertiary/aromatic N) is 2. The molecule has 0 bridgehead atoms. The van der Waals surface area contributed by atoms with Crippen LogP contribution in [0.2, 0.25) is 0 Å². The summed E-state index contributed by atoms with van der Waals surface area (Å²) in [6, 6.07) is 0. The molecule has 0 saturated carbocycles. The third kappa shape index (κ3) is 19.2. The number of carboxylic acids is 1. The second kappa shape index (κ2) is 19.4. The van der Waals surface area contributed by atoms with Gasteiger partial charge in [-0.15, -0.1) is 0 Å². The fraction of sp³-hybridized carbons (Fsp3) is 0.818. The first-order chi connectivity index (χ1) is 13.1. The topological polar surface area (TPSA) is 78.9 Å². The van der Waals surface area contributed by atoms with Crippen LogP contribution in [0.3, 0.4) is 0 Å². The predicted molar refractivity (Wildman–Crippen MR) is 116 cm³/mol. The van der Waals surface area contributed by atoms with Gasteiger partial charge in [-0.25, -0.2) is 0 Å². The Hall–Kier alpha value is -1.36. The number of hydrogen-bond acceptors (Lipinski definition) is 4. The molecule has 1 aliphatic rings. The molecule has 0 radical (unpaired) electrons. The molecule has 0 spiro atoms. The highest BCUT2D eigenvalue weighted by Gasteiger charge is 2.10. The molecule has 1 rings (SSSR count). The molecule has 158 valence electrons. The van der Waals surface area contributed by atoms with E-state index in [1.807, 2.05) is 6.34 Å². The standard InChI is InChI=1S/C20H39N3.C2H4O2/c1-2-3-4-5-6-7-8-9-10-11-12-13-14-15-16-20(21)23-18-17-22-19-23;1-2(3)4/h15-16,19-20H,2-14,17-18,21H2,1H3;1H3,(H,3,4). The van der Waals surface area contributed by atoms with Crippen molar-refractivity contribution >= 4 is 12.3 Å². The molecule has 5 heteroatoms. The van der Waals surface area contributed by atoms with Crippen molar-refractivity contribution in [2.45, 2.75) is 103 Å². The summed E-state index contributed by atoms with van der Waals surface area (Å²) in [5, 5.41) is 7.42. The molecule has 27 heavy (non-hydrogen) atoms. The first-order valence-corrected chi connectivity index (χ1v) is 11.0. The smallest absolute Gasteiger partial charge is 0.300 e. The van der Waals surface area contributed by atoms with Crippen LogP contribution in [-0.2, 0) is 4.79 Å². The van der Waals surface area contributed by atoms with E-state index in [0.29, 0.717) is 0 Å². The summed E-state index contributed by atoms with van der Waals surface area (Å²) in [6.45, 7) is 5.22. The molecule has 0 aliphatic carbocycles. The maximum Gasteiger partial charge on any atom is 0.300 e. The SMILES string of the molecule is CC(=O)O.CCCCCCCCCCCCCCC=CC(N)N1C=NCC1. The molecule has 0 fully saturated rings. The molecule has 0 aromatic carbocycles. The molecular weight excluding hydrogens is 338 g/mol. The number of nitrogens with two attached hydrogens (primary N) is 1. The Morgan fingerprint density at radius 1 is 1.07 bits per heavy atom. The maximum atomic E-state index is 9.00. The van der Waals surface area contributed by atoms with Crippen LogP contribution >= 0.6 is 0 Å². The molecule has 1 aliphatic heterocycles. The Bertz CT molecular complexity index is 393. The van der Waals surface area contributed by atoms with Crippen molar-refractivity contribution in [3.8, 4) is 0 Å². The first kappa shape index (κ1) is 25.6. The van der Waals surface area contributed by atoms with E-state index < -0.39 is 5.97 Å². The summed E-state index contributed by atoms with van der Waals surface area (Å²) in [5.41, 5.74) is 6.07. The van der Waals surface area contributed by atoms with E-state index in [1.54, 1.807) is 0 Å². The van der Waals surface area contributed by atoms with Gasteiger partial charge in [-0.3, -0.25) is 9.79 Å². The zero-order valence-electron chi connectivity index (χ0n) is 17.7. The van der Waals surface area contributed by atoms with Crippen molar-refractivity contribution in [1.82, 2.24) is 4.90 Å². The van der Waals surface area contributed by atoms with E-state index in [0.717, 1.165) is 26.4 Å². The third-order valence-corrected chi connectivity index (χ3v) is 4.66. The van der Waals surface area contributed by atoms with E-state index >= 15 is 0 Å². The van der Waals surface area contributed by atoms with Crippen LogP contribution in [0.5, 0.6) is 0 Å². The van der Waals surface area contributed by atoms with Crippen molar-refractivity contribution in [2.75, 3.05) is 13.1 Å². The average molecular weight is 382 g/mol. The summed E-state index contributed by atoms with van der Waals surface area (Å²) in [7, 11) is 0. The molecule has 1 atom stereocenters. The van der Waals surface area contributed by atoms with E-state index in [-0.39, 0.29) is 6.17 Å². The van der Waals surface area contributed by atoms with Gasteiger partial charge in [0.1, 0.15) is 0 Å². The zero-order valence-corrected chi connectivity index (χ0v) is 17.7. The fourth-order valence-electron chi connectivity index (χ4n) is 3.07. The summed E-state index contributed by atoms with van der Waals surface area (Å²) < 4.78 is 0. The molecule has 1 heterocycles. The van der Waals surface area contributed by atoms with Crippen LogP contribution in [0.25, 0.3) is 0 Å². The van der Waals surface area contributed by atoms with Crippen LogP contribution in [0.4, 0.5) is 0 Å². The summed E-state index contributed by atoms with van der Waals surface area (Å²) in [4.78, 5) is 15.3. The van der Waals surface area contributed by atoms with Crippen molar-refractivity contribution in [3.05, 3.63) is 12.2 Å². The third-order valence-electron chi connectivity index (χ3n) is 4.66. The number of carboxylic acid groups (broad SMARTS) is 1. The summed E-state index contributed by atoms with van der Waals surface area (Å²) >= 11 is 0. The minimum absolute atomic E-state index is 0.0126. The number of allylic oxidation sites excluding steroid dienone is 1. The van der Waals surface area contributed by atoms with Crippen LogP contribution in [-0.4, -0.2) is 41.6 Å². The Kier molecular flexibility index (Phi) is 18.4. The van der Waals surface area contributed by atoms with Gasteiger partial charge in [0.05, 0.1) is 19.0 Å². The Morgan fingerprint density at radius 2 is 1.56 bits per heavy atom. The number of hydrogen-bond donors (Lipinski definition) is 2. The summed E-state index contributed by atoms with van der Waals surface area (Å²) in [5.74, 6) is -0.833. The minimum Gasteiger partial charge on any atom is -0.481 e. The summed E-state index contributed by atoms with van der Waals surface area (Å²) in [6.07, 6.45) is 24.3. The Morgan fingerprint density at radius 3 is 2.00 bits per heavy atom. The first-order valence-electron chi connectivity index (χ1n) is 11.0. The van der Waals surface area contributed by atoms with Crippen molar-refractivity contribution < 1.29 is 9.90 Å². The number of rotatable bonds is 15. The van der Waals surface area contributed by atoms with Crippen molar-refractivity contribution in [3.63, 3.8) is 0 Å². The van der Waals surface area contributed by atoms with Crippen molar-refractivity contribution in [2.24, 2.45) is 10.7 Å². The average Bonchev–Trinajstić information content (AvgIpc) is 3.16. The normalized spacial score (nSPS) is 14.4. The van der Waals surface area contributed by atoms with Gasteiger partial charge < -0.3 is 15.7 Å². The molecule has 1 unspecified atom stereocenters. The van der Waals surface area contributed by atoms with Crippen LogP contribution in [0.1, 0.15) is 97.3 Å². The lowest BCUT2D eigenvalue weighted by atomic mass is 10.0. The molecule has 5 nitrogen and oxygen atoms in total. The Balaban J connectivity index is 0.00000153. The van der Waals surface area contributed by atoms with Gasteiger partial charge in [0.2, 0.25) is 0 Å². The number of aliphatic imine (C=N–C) groups is 1. The predicted octanol–water partition coefficient (Wildman–Crippen LogP) is 5.35. The number of unbranched alkanes of at least 4 members (excludes halogenated alkanes) is 12. The fourth-order valence-corrected chi connectivity index (χ4v) is 3.07. The van der Waals surface area contributed by atoms with Crippen LogP contribution < -0.4 is 5.73 Å². The van der Waals surface area contributed by atoms with Gasteiger partial charge >= 0.3 is 0 Å². The molecular formula is C22H43N3O2. The maximum absolute atomic E-state index is 9.00. The number of carbonyl (C=O) groups is 1. The van der Waals surface area contributed by atoms with Gasteiger partial charge in [0, 0.05) is 13.5 Å². The minimum atomic E-state index is -0.833. The second-order valence-electron chi connectivity index (χ2n) is 7.38. The van der Waals surface area contributed by atoms with Gasteiger partial charge in [-0.1, -0.05) is 89.7 Å². The van der Waals surface area contributed by atoms with Gasteiger partial charge in [-0.05, 0) is 12.8 Å². The van der Waals surface area contributed by atoms with Crippen LogP contribution in [0, 0.1) is 0 Å². The van der Waals surface area contributed by atoms with Gasteiger partial charge in [0.25, 0.3) is 5.97 Å². The monoisotopic (exact) mass is 381 g/mol. The quantitative estimate of drug-likeness (QED) is 0.296. The van der Waals surface area contributed by atoms with Gasteiger partial charge in [0.15, 0.2) is 0 Å². The molecule has 3 N–H and O–H groups in total. The second-order valence-corrected chi connectivity index (χ2v) is 7.38. The van der Waals surface area contributed by atoms with E-state index in [1.165, 1.54) is 77.0 Å². The van der Waals surface area contributed by atoms with Crippen molar-refractivity contribution in [1.29, 1.82) is 0 Å². The molecule has 0 saturated heterocycles. The lowest BCUT2D eigenvalue weighted by Gasteiger charge is -2.19. The molecule has 0 aromatic rings. The highest BCUT2D eigenvalue weighted by Crippen LogP contribution is 2.12. The largest absolute Gasteiger partial charge is 0.481 e. The molecule has 0 aromatic heterocycles. The Labute approximate surface area is 167 Å². The van der Waals surface area contributed by atoms with E-state index in [2.05, 4.69) is 29.0 Å².